The molecular weight excluding hydrogens is 485 g/mol. The molecule has 0 saturated carbocycles. The Balaban J connectivity index is 1.62. The largest absolute Gasteiger partial charge is 0.376 e. The molecule has 0 radical (unpaired) electrons. The van der Waals surface area contributed by atoms with Crippen molar-refractivity contribution in [2.45, 2.75) is 51.2 Å². The van der Waals surface area contributed by atoms with Crippen molar-refractivity contribution in [1.82, 2.24) is 14.5 Å². The van der Waals surface area contributed by atoms with Gasteiger partial charge in [0.2, 0.25) is 5.91 Å². The van der Waals surface area contributed by atoms with E-state index < -0.39 is 5.69 Å². The first-order valence-corrected chi connectivity index (χ1v) is 12.6. The van der Waals surface area contributed by atoms with Gasteiger partial charge in [0.05, 0.1) is 27.2 Å². The van der Waals surface area contributed by atoms with Crippen molar-refractivity contribution >= 4 is 50.7 Å². The minimum Gasteiger partial charge on any atom is -0.376 e. The van der Waals surface area contributed by atoms with E-state index in [9.17, 15) is 14.4 Å². The van der Waals surface area contributed by atoms with Gasteiger partial charge in [-0.15, -0.1) is 11.3 Å². The lowest BCUT2D eigenvalue weighted by atomic mass is 9.97. The summed E-state index contributed by atoms with van der Waals surface area (Å²) in [5.41, 5.74) is 0.361. The van der Waals surface area contributed by atoms with E-state index >= 15 is 0 Å². The Hall–Kier alpha value is -2.13. The van der Waals surface area contributed by atoms with E-state index in [1.54, 1.807) is 12.1 Å². The lowest BCUT2D eigenvalue weighted by Gasteiger charge is -2.15. The van der Waals surface area contributed by atoms with E-state index in [4.69, 9.17) is 27.9 Å². The first-order chi connectivity index (χ1) is 15.9. The molecule has 0 unspecified atom stereocenters. The number of aryl methyl sites for hydroxylation is 2. The summed E-state index contributed by atoms with van der Waals surface area (Å²) in [6.07, 6.45) is 5.60. The molecule has 1 fully saturated rings. The lowest BCUT2D eigenvalue weighted by molar-refractivity contribution is -0.122. The predicted octanol–water partition coefficient (Wildman–Crippen LogP) is 3.69. The number of rotatable bonds is 5. The lowest BCUT2D eigenvalue weighted by Crippen LogP contribution is -2.42. The van der Waals surface area contributed by atoms with Crippen LogP contribution in [0.4, 0.5) is 0 Å². The number of halogens is 2. The number of amides is 1. The molecule has 2 aliphatic rings. The molecular formula is C23H23Cl2N3O4S. The summed E-state index contributed by atoms with van der Waals surface area (Å²) in [7, 11) is 0. The van der Waals surface area contributed by atoms with Gasteiger partial charge in [-0.3, -0.25) is 14.2 Å². The fourth-order valence-corrected chi connectivity index (χ4v) is 6.26. The second-order valence-corrected chi connectivity index (χ2v) is 10.3. The van der Waals surface area contributed by atoms with Crippen LogP contribution in [0.15, 0.2) is 27.8 Å². The Morgan fingerprint density at radius 1 is 1.15 bits per heavy atom. The molecule has 1 N–H and O–H groups in total. The third-order valence-electron chi connectivity index (χ3n) is 6.25. The zero-order valence-corrected chi connectivity index (χ0v) is 20.2. The molecule has 1 aliphatic heterocycles. The molecule has 2 aromatic heterocycles. The van der Waals surface area contributed by atoms with Gasteiger partial charge in [0, 0.05) is 18.0 Å². The standard InChI is InChI=1S/C23H23Cl2N3O4S/c24-16-8-7-13(10-17(16)25)28-21(30)20-15-5-1-2-6-18(15)33-22(20)27(23(28)31)12-19(29)26-11-14-4-3-9-32-14/h7-8,10,14H,1-6,9,11-12H2,(H,26,29)/t14-/m0/s1. The smallest absolute Gasteiger partial charge is 0.337 e. The summed E-state index contributed by atoms with van der Waals surface area (Å²) < 4.78 is 8.07. The summed E-state index contributed by atoms with van der Waals surface area (Å²) in [5, 5.41) is 3.97. The van der Waals surface area contributed by atoms with Crippen LogP contribution in [0.3, 0.4) is 0 Å². The minimum atomic E-state index is -0.572. The number of nitrogens with one attached hydrogen (secondary N) is 1. The summed E-state index contributed by atoms with van der Waals surface area (Å²) in [5.74, 6) is -0.292. The van der Waals surface area contributed by atoms with E-state index in [1.165, 1.54) is 22.0 Å². The Morgan fingerprint density at radius 3 is 2.73 bits per heavy atom. The van der Waals surface area contributed by atoms with Crippen LogP contribution in [0.5, 0.6) is 0 Å². The van der Waals surface area contributed by atoms with Gasteiger partial charge >= 0.3 is 5.69 Å². The Bertz CT molecular complexity index is 1350. The van der Waals surface area contributed by atoms with Crippen LogP contribution in [0.25, 0.3) is 15.9 Å². The van der Waals surface area contributed by atoms with Crippen LogP contribution >= 0.6 is 34.5 Å². The van der Waals surface area contributed by atoms with Crippen molar-refractivity contribution in [1.29, 1.82) is 0 Å². The monoisotopic (exact) mass is 507 g/mol. The maximum atomic E-state index is 13.6. The maximum absolute atomic E-state index is 13.6. The Labute approximate surface area is 203 Å². The number of thiophene rings is 1. The number of hydrogen-bond acceptors (Lipinski definition) is 5. The minimum absolute atomic E-state index is 0.00454. The number of fused-ring (bicyclic) bond motifs is 3. The summed E-state index contributed by atoms with van der Waals surface area (Å²) >= 11 is 13.7. The molecule has 0 bridgehead atoms. The van der Waals surface area contributed by atoms with E-state index in [0.717, 1.165) is 53.5 Å². The molecule has 3 aromatic rings. The van der Waals surface area contributed by atoms with Gasteiger partial charge in [-0.2, -0.15) is 0 Å². The molecule has 3 heterocycles. The number of carbonyl (C=O) groups is 1. The van der Waals surface area contributed by atoms with Crippen molar-refractivity contribution < 1.29 is 9.53 Å². The second-order valence-electron chi connectivity index (χ2n) is 8.44. The molecule has 10 heteroatoms. The van der Waals surface area contributed by atoms with Crippen molar-refractivity contribution in [3.63, 3.8) is 0 Å². The summed E-state index contributed by atoms with van der Waals surface area (Å²) in [6, 6.07) is 4.64. The highest BCUT2D eigenvalue weighted by Crippen LogP contribution is 2.34. The highest BCUT2D eigenvalue weighted by Gasteiger charge is 2.25. The molecule has 33 heavy (non-hydrogen) atoms. The van der Waals surface area contributed by atoms with Crippen molar-refractivity contribution in [3.05, 3.63) is 59.5 Å². The van der Waals surface area contributed by atoms with Gasteiger partial charge < -0.3 is 10.1 Å². The number of nitrogens with zero attached hydrogens (tertiary/aromatic N) is 2. The molecule has 1 atom stereocenters. The van der Waals surface area contributed by atoms with Gasteiger partial charge in [0.15, 0.2) is 0 Å². The number of carbonyl (C=O) groups excluding carboxylic acids is 1. The summed E-state index contributed by atoms with van der Waals surface area (Å²) in [4.78, 5) is 41.6. The molecule has 1 aliphatic carbocycles. The van der Waals surface area contributed by atoms with Gasteiger partial charge in [0.1, 0.15) is 11.4 Å². The van der Waals surface area contributed by atoms with Crippen LogP contribution < -0.4 is 16.6 Å². The number of hydrogen-bond donors (Lipinski definition) is 1. The van der Waals surface area contributed by atoms with Gasteiger partial charge in [0.25, 0.3) is 5.56 Å². The molecule has 0 spiro atoms. The maximum Gasteiger partial charge on any atom is 0.337 e. The number of aromatic nitrogens is 2. The molecule has 1 saturated heterocycles. The third kappa shape index (κ3) is 4.25. The Morgan fingerprint density at radius 2 is 1.97 bits per heavy atom. The Kier molecular flexibility index (Phi) is 6.35. The van der Waals surface area contributed by atoms with E-state index in [2.05, 4.69) is 5.32 Å². The van der Waals surface area contributed by atoms with Gasteiger partial charge in [-0.25, -0.2) is 9.36 Å². The van der Waals surface area contributed by atoms with Gasteiger partial charge in [-0.1, -0.05) is 23.2 Å². The van der Waals surface area contributed by atoms with Gasteiger partial charge in [-0.05, 0) is 62.3 Å². The molecule has 5 rings (SSSR count). The highest BCUT2D eigenvalue weighted by atomic mass is 35.5. The van der Waals surface area contributed by atoms with Crippen LogP contribution in [0.1, 0.15) is 36.1 Å². The van der Waals surface area contributed by atoms with Crippen molar-refractivity contribution in [2.75, 3.05) is 13.2 Å². The zero-order chi connectivity index (χ0) is 23.1. The van der Waals surface area contributed by atoms with Crippen molar-refractivity contribution in [3.8, 4) is 5.69 Å². The molecule has 7 nitrogen and oxygen atoms in total. The topological polar surface area (TPSA) is 82.3 Å². The van der Waals surface area contributed by atoms with Crippen LogP contribution in [-0.4, -0.2) is 34.3 Å². The quantitative estimate of drug-likeness (QED) is 0.570. The first-order valence-electron chi connectivity index (χ1n) is 11.1. The zero-order valence-electron chi connectivity index (χ0n) is 17.9. The average molecular weight is 508 g/mol. The third-order valence-corrected chi connectivity index (χ3v) is 8.30. The molecule has 174 valence electrons. The van der Waals surface area contributed by atoms with E-state index in [0.29, 0.717) is 34.1 Å². The molecule has 1 aromatic carbocycles. The average Bonchev–Trinajstić information content (AvgIpc) is 3.45. The second kappa shape index (κ2) is 9.25. The normalized spacial score (nSPS) is 17.9. The number of ether oxygens (including phenoxy) is 1. The fraction of sp³-hybridized carbons (Fsp3) is 0.435. The van der Waals surface area contributed by atoms with Crippen LogP contribution in [-0.2, 0) is 28.9 Å². The summed E-state index contributed by atoms with van der Waals surface area (Å²) in [6.45, 7) is 0.934. The SMILES string of the molecule is O=C(Cn1c(=O)n(-c2ccc(Cl)c(Cl)c2)c(=O)c2c3c(sc21)CCCC3)NC[C@@H]1CCCO1. The van der Waals surface area contributed by atoms with Crippen LogP contribution in [0.2, 0.25) is 10.0 Å². The molecule has 1 amide bonds. The van der Waals surface area contributed by atoms with E-state index in [1.807, 2.05) is 0 Å². The number of benzene rings is 1. The van der Waals surface area contributed by atoms with E-state index in [-0.39, 0.29) is 29.1 Å². The predicted molar refractivity (Wildman–Crippen MR) is 130 cm³/mol. The highest BCUT2D eigenvalue weighted by molar-refractivity contribution is 7.18. The van der Waals surface area contributed by atoms with Crippen molar-refractivity contribution in [2.24, 2.45) is 0 Å². The fourth-order valence-electron chi connectivity index (χ4n) is 4.59. The van der Waals surface area contributed by atoms with Crippen LogP contribution in [0, 0.1) is 0 Å². The first kappa shape index (κ1) is 22.7.